The van der Waals surface area contributed by atoms with Crippen LogP contribution in [0.2, 0.25) is 0 Å². The van der Waals surface area contributed by atoms with Crippen molar-refractivity contribution in [3.8, 4) is 11.5 Å². The van der Waals surface area contributed by atoms with Crippen LogP contribution in [0.4, 0.5) is 5.69 Å². The van der Waals surface area contributed by atoms with Crippen molar-refractivity contribution in [1.82, 2.24) is 14.8 Å². The number of methoxy groups -OCH3 is 1. The van der Waals surface area contributed by atoms with Gasteiger partial charge in [-0.1, -0.05) is 6.08 Å². The molecule has 0 saturated carbocycles. The zero-order chi connectivity index (χ0) is 24.0. The maximum Gasteiger partial charge on any atom is 0.163 e. The molecule has 3 aliphatic rings. The van der Waals surface area contributed by atoms with Crippen LogP contribution in [-0.2, 0) is 4.74 Å². The lowest BCUT2D eigenvalue weighted by Crippen LogP contribution is -2.36. The summed E-state index contributed by atoms with van der Waals surface area (Å²) in [7, 11) is 3.92. The van der Waals surface area contributed by atoms with Crippen molar-refractivity contribution in [2.45, 2.75) is 44.6 Å². The molecule has 7 nitrogen and oxygen atoms in total. The van der Waals surface area contributed by atoms with Gasteiger partial charge in [-0.25, -0.2) is 4.98 Å². The summed E-state index contributed by atoms with van der Waals surface area (Å²) >= 11 is 0. The Balaban J connectivity index is 1.41. The highest BCUT2D eigenvalue weighted by molar-refractivity contribution is 5.95. The van der Waals surface area contributed by atoms with Crippen LogP contribution in [0.1, 0.15) is 44.2 Å². The van der Waals surface area contributed by atoms with Crippen LogP contribution in [0.3, 0.4) is 0 Å². The smallest absolute Gasteiger partial charge is 0.163 e. The Morgan fingerprint density at radius 3 is 2.66 bits per heavy atom. The molecule has 2 saturated heterocycles. The number of nitrogens with zero attached hydrogens (tertiary/aromatic N) is 3. The fraction of sp³-hybridized carbons (Fsp3) is 0.607. The van der Waals surface area contributed by atoms with Gasteiger partial charge in [0.05, 0.1) is 38.1 Å². The molecule has 0 spiro atoms. The van der Waals surface area contributed by atoms with E-state index < -0.39 is 0 Å². The summed E-state index contributed by atoms with van der Waals surface area (Å²) in [4.78, 5) is 10.0. The van der Waals surface area contributed by atoms with E-state index in [4.69, 9.17) is 19.2 Å². The largest absolute Gasteiger partial charge is 0.493 e. The molecule has 0 atom stereocenters. The number of rotatable bonds is 9. The molecule has 0 amide bonds. The number of benzene rings is 1. The van der Waals surface area contributed by atoms with Crippen molar-refractivity contribution in [3.05, 3.63) is 30.0 Å². The average Bonchev–Trinajstić information content (AvgIpc) is 3.41. The number of pyridine rings is 1. The summed E-state index contributed by atoms with van der Waals surface area (Å²) < 4.78 is 17.5. The van der Waals surface area contributed by atoms with Crippen LogP contribution in [0, 0.1) is 0 Å². The van der Waals surface area contributed by atoms with Crippen molar-refractivity contribution < 1.29 is 14.2 Å². The third-order valence-corrected chi connectivity index (χ3v) is 7.54. The van der Waals surface area contributed by atoms with Gasteiger partial charge in [0.25, 0.3) is 0 Å². The molecule has 3 aliphatic heterocycles. The predicted octanol–water partition coefficient (Wildman–Crippen LogP) is 4.42. The van der Waals surface area contributed by atoms with E-state index in [9.17, 15) is 0 Å². The number of fused-ring (bicyclic) bond motifs is 1. The Labute approximate surface area is 209 Å². The normalized spacial score (nSPS) is 20.2. The van der Waals surface area contributed by atoms with Crippen LogP contribution in [0.5, 0.6) is 11.5 Å². The first-order valence-electron chi connectivity index (χ1n) is 13.3. The van der Waals surface area contributed by atoms with Crippen LogP contribution in [-0.4, -0.2) is 87.5 Å². The van der Waals surface area contributed by atoms with Gasteiger partial charge in [0.2, 0.25) is 0 Å². The standard InChI is InChI=1S/C28H40N4O3/c1-31-13-6-22(7-14-31)29-25-19-24(21-8-16-34-17-9-21)30-26-20-28(27(33-2)18-23(25)26)35-15-5-12-32-10-3-4-11-32/h8,18-20,22H,3-7,9-17H2,1-2H3,(H,29,30). The molecule has 2 fully saturated rings. The van der Waals surface area contributed by atoms with Gasteiger partial charge in [-0.2, -0.15) is 0 Å². The lowest BCUT2D eigenvalue weighted by molar-refractivity contribution is 0.161. The molecule has 0 radical (unpaired) electrons. The molecule has 1 aromatic carbocycles. The van der Waals surface area contributed by atoms with Gasteiger partial charge in [0.15, 0.2) is 11.5 Å². The highest BCUT2D eigenvalue weighted by atomic mass is 16.5. The van der Waals surface area contributed by atoms with Gasteiger partial charge in [-0.15, -0.1) is 0 Å². The fourth-order valence-electron chi connectivity index (χ4n) is 5.40. The third kappa shape index (κ3) is 6.08. The second-order valence-corrected chi connectivity index (χ2v) is 10.1. The second kappa shape index (κ2) is 11.6. The number of hydrogen-bond donors (Lipinski definition) is 1. The van der Waals surface area contributed by atoms with E-state index in [0.29, 0.717) is 19.3 Å². The summed E-state index contributed by atoms with van der Waals surface area (Å²) in [6.07, 6.45) is 9.00. The summed E-state index contributed by atoms with van der Waals surface area (Å²) in [6.45, 7) is 7.86. The van der Waals surface area contributed by atoms with E-state index in [2.05, 4.69) is 46.4 Å². The second-order valence-electron chi connectivity index (χ2n) is 10.1. The molecular weight excluding hydrogens is 440 g/mol. The molecule has 0 aliphatic carbocycles. The van der Waals surface area contributed by atoms with Crippen molar-refractivity contribution in [2.24, 2.45) is 0 Å². The van der Waals surface area contributed by atoms with Gasteiger partial charge < -0.3 is 29.3 Å². The monoisotopic (exact) mass is 480 g/mol. The summed E-state index contributed by atoms with van der Waals surface area (Å²) in [5, 5.41) is 4.94. The van der Waals surface area contributed by atoms with Crippen molar-refractivity contribution in [3.63, 3.8) is 0 Å². The minimum absolute atomic E-state index is 0.459. The van der Waals surface area contributed by atoms with E-state index in [-0.39, 0.29) is 0 Å². The number of aromatic nitrogens is 1. The van der Waals surface area contributed by atoms with E-state index in [1.54, 1.807) is 7.11 Å². The van der Waals surface area contributed by atoms with Crippen molar-refractivity contribution in [1.29, 1.82) is 0 Å². The average molecular weight is 481 g/mol. The minimum atomic E-state index is 0.459. The van der Waals surface area contributed by atoms with Gasteiger partial charge in [0, 0.05) is 29.7 Å². The molecule has 7 heteroatoms. The van der Waals surface area contributed by atoms with Crippen molar-refractivity contribution >= 4 is 22.2 Å². The van der Waals surface area contributed by atoms with Crippen LogP contribution in [0.15, 0.2) is 24.3 Å². The topological polar surface area (TPSA) is 59.1 Å². The first kappa shape index (κ1) is 24.3. The van der Waals surface area contributed by atoms with Gasteiger partial charge in [-0.3, -0.25) is 0 Å². The van der Waals surface area contributed by atoms with Gasteiger partial charge in [-0.05, 0) is 89.5 Å². The van der Waals surface area contributed by atoms with E-state index >= 15 is 0 Å². The molecule has 0 bridgehead atoms. The lowest BCUT2D eigenvalue weighted by Gasteiger charge is -2.30. The summed E-state index contributed by atoms with van der Waals surface area (Å²) in [6, 6.07) is 6.83. The number of nitrogens with one attached hydrogen (secondary N) is 1. The molecule has 190 valence electrons. The first-order chi connectivity index (χ1) is 17.2. The third-order valence-electron chi connectivity index (χ3n) is 7.54. The van der Waals surface area contributed by atoms with E-state index in [1.807, 2.05) is 0 Å². The molecule has 1 N–H and O–H groups in total. The molecular formula is C28H40N4O3. The Bertz CT molecular complexity index is 1030. The number of hydrogen-bond acceptors (Lipinski definition) is 7. The summed E-state index contributed by atoms with van der Waals surface area (Å²) in [5.41, 5.74) is 4.36. The molecule has 4 heterocycles. The van der Waals surface area contributed by atoms with Gasteiger partial charge in [0.1, 0.15) is 0 Å². The molecule has 0 unspecified atom stereocenters. The Morgan fingerprint density at radius 2 is 1.91 bits per heavy atom. The highest BCUT2D eigenvalue weighted by Crippen LogP contribution is 2.37. The maximum absolute atomic E-state index is 6.23. The van der Waals surface area contributed by atoms with Crippen LogP contribution >= 0.6 is 0 Å². The van der Waals surface area contributed by atoms with E-state index in [0.717, 1.165) is 85.7 Å². The fourth-order valence-corrected chi connectivity index (χ4v) is 5.40. The Hall–Kier alpha value is -2.35. The van der Waals surface area contributed by atoms with Gasteiger partial charge >= 0.3 is 0 Å². The number of likely N-dealkylation sites (tertiary alicyclic amines) is 2. The number of anilines is 1. The van der Waals surface area contributed by atoms with Crippen LogP contribution in [0.25, 0.3) is 16.5 Å². The lowest BCUT2D eigenvalue weighted by atomic mass is 10.0. The SMILES string of the molecule is COc1cc2c(NC3CCN(C)CC3)cc(C3=CCOCC3)nc2cc1OCCCN1CCCC1. The maximum atomic E-state index is 6.23. The highest BCUT2D eigenvalue weighted by Gasteiger charge is 2.20. The first-order valence-corrected chi connectivity index (χ1v) is 13.3. The number of piperidine rings is 1. The quantitative estimate of drug-likeness (QED) is 0.533. The zero-order valence-corrected chi connectivity index (χ0v) is 21.4. The van der Waals surface area contributed by atoms with Crippen LogP contribution < -0.4 is 14.8 Å². The molecule has 35 heavy (non-hydrogen) atoms. The molecule has 5 rings (SSSR count). The van der Waals surface area contributed by atoms with Crippen molar-refractivity contribution in [2.75, 3.05) is 72.0 Å². The Kier molecular flexibility index (Phi) is 8.06. The summed E-state index contributed by atoms with van der Waals surface area (Å²) in [5.74, 6) is 1.54. The van der Waals surface area contributed by atoms with E-state index in [1.165, 1.54) is 31.5 Å². The number of ether oxygens (including phenoxy) is 3. The zero-order valence-electron chi connectivity index (χ0n) is 21.4. The minimum Gasteiger partial charge on any atom is -0.493 e. The molecule has 2 aromatic rings. The predicted molar refractivity (Wildman–Crippen MR) is 142 cm³/mol. The Morgan fingerprint density at radius 1 is 1.09 bits per heavy atom. The molecule has 1 aromatic heterocycles.